The van der Waals surface area contributed by atoms with Gasteiger partial charge in [0.05, 0.1) is 13.2 Å². The molecule has 1 rings (SSSR count). The molecule has 3 nitrogen and oxygen atoms in total. The third-order valence-corrected chi connectivity index (χ3v) is 3.99. The highest BCUT2D eigenvalue weighted by atomic mass is 16.5. The topological polar surface area (TPSA) is 24.5 Å². The Morgan fingerprint density at radius 3 is 2.76 bits per heavy atom. The zero-order chi connectivity index (χ0) is 12.9. The minimum absolute atomic E-state index is 0.306. The average molecular weight is 242 g/mol. The molecule has 0 amide bonds. The second-order valence-corrected chi connectivity index (χ2v) is 6.06. The van der Waals surface area contributed by atoms with Gasteiger partial charge in [0.15, 0.2) is 0 Å². The molecular weight excluding hydrogens is 212 g/mol. The fourth-order valence-electron chi connectivity index (χ4n) is 2.29. The Morgan fingerprint density at radius 1 is 1.47 bits per heavy atom. The van der Waals surface area contributed by atoms with Gasteiger partial charge in [0, 0.05) is 25.2 Å². The highest BCUT2D eigenvalue weighted by molar-refractivity contribution is 4.86. The fourth-order valence-corrected chi connectivity index (χ4v) is 2.29. The van der Waals surface area contributed by atoms with Crippen LogP contribution < -0.4 is 5.32 Å². The number of rotatable bonds is 6. The van der Waals surface area contributed by atoms with Crippen LogP contribution in [0.15, 0.2) is 0 Å². The predicted molar refractivity (Wildman–Crippen MR) is 73.4 cm³/mol. The van der Waals surface area contributed by atoms with Crippen LogP contribution in [0.1, 0.15) is 41.0 Å². The van der Waals surface area contributed by atoms with Gasteiger partial charge in [-0.1, -0.05) is 20.8 Å². The van der Waals surface area contributed by atoms with Crippen LogP contribution in [0.25, 0.3) is 0 Å². The van der Waals surface area contributed by atoms with E-state index in [2.05, 4.69) is 44.8 Å². The van der Waals surface area contributed by atoms with Crippen LogP contribution in [0, 0.1) is 5.41 Å². The summed E-state index contributed by atoms with van der Waals surface area (Å²) in [5.41, 5.74) is 0.306. The molecule has 17 heavy (non-hydrogen) atoms. The van der Waals surface area contributed by atoms with Crippen molar-refractivity contribution in [2.24, 2.45) is 5.41 Å². The molecule has 0 aromatic rings. The van der Waals surface area contributed by atoms with E-state index in [-0.39, 0.29) is 0 Å². The summed E-state index contributed by atoms with van der Waals surface area (Å²) < 4.78 is 5.49. The second-order valence-electron chi connectivity index (χ2n) is 6.06. The quantitative estimate of drug-likeness (QED) is 0.772. The minimum atomic E-state index is 0.306. The van der Waals surface area contributed by atoms with Crippen molar-refractivity contribution in [1.82, 2.24) is 10.2 Å². The summed E-state index contributed by atoms with van der Waals surface area (Å²) in [5.74, 6) is 0. The molecule has 1 fully saturated rings. The smallest absolute Gasteiger partial charge is 0.0619 e. The highest BCUT2D eigenvalue weighted by Crippen LogP contribution is 2.24. The lowest BCUT2D eigenvalue weighted by Gasteiger charge is -2.41. The zero-order valence-electron chi connectivity index (χ0n) is 12.3. The van der Waals surface area contributed by atoms with Gasteiger partial charge in [-0.05, 0) is 32.2 Å². The van der Waals surface area contributed by atoms with Gasteiger partial charge in [0.2, 0.25) is 0 Å². The van der Waals surface area contributed by atoms with Crippen molar-refractivity contribution >= 4 is 0 Å². The van der Waals surface area contributed by atoms with E-state index in [0.717, 1.165) is 32.8 Å². The first-order valence-corrected chi connectivity index (χ1v) is 7.02. The van der Waals surface area contributed by atoms with Crippen LogP contribution in [-0.4, -0.2) is 49.8 Å². The van der Waals surface area contributed by atoms with Crippen molar-refractivity contribution in [1.29, 1.82) is 0 Å². The molecule has 3 heteroatoms. The summed E-state index contributed by atoms with van der Waals surface area (Å²) in [6.07, 6.45) is 1.20. The molecule has 2 unspecified atom stereocenters. The first-order chi connectivity index (χ1) is 7.97. The van der Waals surface area contributed by atoms with Gasteiger partial charge in [-0.2, -0.15) is 0 Å². The summed E-state index contributed by atoms with van der Waals surface area (Å²) >= 11 is 0. The molecule has 2 atom stereocenters. The lowest BCUT2D eigenvalue weighted by Crippen LogP contribution is -2.52. The third-order valence-electron chi connectivity index (χ3n) is 3.99. The van der Waals surface area contributed by atoms with Crippen LogP contribution in [0.3, 0.4) is 0 Å². The largest absolute Gasteiger partial charge is 0.379 e. The Bertz CT molecular complexity index is 218. The Kier molecular flexibility index (Phi) is 5.90. The lowest BCUT2D eigenvalue weighted by atomic mass is 9.84. The van der Waals surface area contributed by atoms with Crippen molar-refractivity contribution in [3.8, 4) is 0 Å². The Hall–Kier alpha value is -0.120. The van der Waals surface area contributed by atoms with Crippen LogP contribution in [0.4, 0.5) is 0 Å². The van der Waals surface area contributed by atoms with Crippen LogP contribution in [0.2, 0.25) is 0 Å². The number of morpholine rings is 1. The molecule has 0 aromatic carbocycles. The number of nitrogens with zero attached hydrogens (tertiary/aromatic N) is 1. The summed E-state index contributed by atoms with van der Waals surface area (Å²) in [6.45, 7) is 16.6. The van der Waals surface area contributed by atoms with Gasteiger partial charge in [-0.25, -0.2) is 0 Å². The van der Waals surface area contributed by atoms with Gasteiger partial charge in [0.25, 0.3) is 0 Å². The predicted octanol–water partition coefficient (Wildman–Crippen LogP) is 2.12. The number of nitrogens with one attached hydrogen (secondary N) is 1. The van der Waals surface area contributed by atoms with Gasteiger partial charge in [-0.15, -0.1) is 0 Å². The molecule has 1 heterocycles. The van der Waals surface area contributed by atoms with Crippen LogP contribution in [0.5, 0.6) is 0 Å². The molecule has 1 aliphatic heterocycles. The van der Waals surface area contributed by atoms with Gasteiger partial charge in [-0.3, -0.25) is 4.90 Å². The molecule has 1 N–H and O–H groups in total. The first-order valence-electron chi connectivity index (χ1n) is 7.02. The van der Waals surface area contributed by atoms with Crippen LogP contribution >= 0.6 is 0 Å². The van der Waals surface area contributed by atoms with Crippen molar-refractivity contribution in [2.75, 3.05) is 32.8 Å². The highest BCUT2D eigenvalue weighted by Gasteiger charge is 2.30. The molecule has 0 aromatic heterocycles. The third kappa shape index (κ3) is 4.57. The first kappa shape index (κ1) is 14.9. The zero-order valence-corrected chi connectivity index (χ0v) is 12.3. The molecule has 0 aliphatic carbocycles. The number of ether oxygens (including phenoxy) is 1. The van der Waals surface area contributed by atoms with E-state index in [1.54, 1.807) is 0 Å². The normalized spacial score (nSPS) is 24.9. The number of hydrogen-bond donors (Lipinski definition) is 1. The Labute approximate surface area is 107 Å². The summed E-state index contributed by atoms with van der Waals surface area (Å²) in [7, 11) is 0. The summed E-state index contributed by atoms with van der Waals surface area (Å²) in [6, 6.07) is 1.11. The molecule has 0 bridgehead atoms. The van der Waals surface area contributed by atoms with E-state index in [0.29, 0.717) is 17.5 Å². The van der Waals surface area contributed by atoms with Gasteiger partial charge >= 0.3 is 0 Å². The van der Waals surface area contributed by atoms with E-state index >= 15 is 0 Å². The number of hydrogen-bond acceptors (Lipinski definition) is 3. The molecule has 1 saturated heterocycles. The maximum Gasteiger partial charge on any atom is 0.0619 e. The van der Waals surface area contributed by atoms with E-state index in [4.69, 9.17) is 4.74 Å². The lowest BCUT2D eigenvalue weighted by molar-refractivity contribution is -0.0200. The minimum Gasteiger partial charge on any atom is -0.379 e. The molecule has 0 saturated carbocycles. The Morgan fingerprint density at radius 2 is 2.18 bits per heavy atom. The molecule has 102 valence electrons. The molecule has 0 radical (unpaired) electrons. The van der Waals surface area contributed by atoms with Gasteiger partial charge < -0.3 is 10.1 Å². The van der Waals surface area contributed by atoms with Gasteiger partial charge in [0.1, 0.15) is 0 Å². The monoisotopic (exact) mass is 242 g/mol. The van der Waals surface area contributed by atoms with E-state index in [9.17, 15) is 0 Å². The standard InChI is InChI=1S/C14H30N2O/c1-6-7-15-13(3)14(4,5)11-16-8-9-17-10-12(16)2/h12-13,15H,6-11H2,1-5H3. The van der Waals surface area contributed by atoms with E-state index in [1.807, 2.05) is 0 Å². The maximum absolute atomic E-state index is 5.49. The average Bonchev–Trinajstić information content (AvgIpc) is 2.28. The molecule has 1 aliphatic rings. The summed E-state index contributed by atoms with van der Waals surface area (Å²) in [4.78, 5) is 2.56. The fraction of sp³-hybridized carbons (Fsp3) is 1.00. The van der Waals surface area contributed by atoms with Crippen molar-refractivity contribution in [3.63, 3.8) is 0 Å². The second kappa shape index (κ2) is 6.72. The van der Waals surface area contributed by atoms with E-state index in [1.165, 1.54) is 6.42 Å². The Balaban J connectivity index is 2.45. The van der Waals surface area contributed by atoms with E-state index < -0.39 is 0 Å². The maximum atomic E-state index is 5.49. The van der Waals surface area contributed by atoms with Crippen molar-refractivity contribution in [3.05, 3.63) is 0 Å². The molecule has 0 spiro atoms. The molecular formula is C14H30N2O. The summed E-state index contributed by atoms with van der Waals surface area (Å²) in [5, 5.41) is 3.62. The van der Waals surface area contributed by atoms with Crippen molar-refractivity contribution in [2.45, 2.75) is 53.1 Å². The SMILES string of the molecule is CCCNC(C)C(C)(C)CN1CCOCC1C. The van der Waals surface area contributed by atoms with Crippen molar-refractivity contribution < 1.29 is 4.74 Å². The van der Waals surface area contributed by atoms with Crippen LogP contribution in [-0.2, 0) is 4.74 Å².